The zero-order valence-corrected chi connectivity index (χ0v) is 12.8. The molecule has 17 heavy (non-hydrogen) atoms. The van der Waals surface area contributed by atoms with Gasteiger partial charge in [0.05, 0.1) is 0 Å². The quantitative estimate of drug-likeness (QED) is 0.741. The Balaban J connectivity index is 2.09. The van der Waals surface area contributed by atoms with Crippen LogP contribution >= 0.6 is 27.7 Å². The van der Waals surface area contributed by atoms with Crippen molar-refractivity contribution in [1.29, 1.82) is 0 Å². The molecule has 0 saturated carbocycles. The lowest BCUT2D eigenvalue weighted by molar-refractivity contribution is 0.309. The number of thioether (sulfide) groups is 1. The summed E-state index contributed by atoms with van der Waals surface area (Å²) in [5.74, 6) is 3.27. The van der Waals surface area contributed by atoms with Crippen molar-refractivity contribution in [3.05, 3.63) is 28.7 Å². The molecule has 0 radical (unpaired) electrons. The van der Waals surface area contributed by atoms with Gasteiger partial charge in [-0.2, -0.15) is 11.8 Å². The van der Waals surface area contributed by atoms with Crippen molar-refractivity contribution in [3.8, 4) is 5.75 Å². The van der Waals surface area contributed by atoms with E-state index in [4.69, 9.17) is 4.74 Å². The maximum atomic E-state index is 5.63. The fourth-order valence-electron chi connectivity index (χ4n) is 1.36. The third-order valence-electron chi connectivity index (χ3n) is 2.25. The molecule has 96 valence electrons. The monoisotopic (exact) mass is 317 g/mol. The first kappa shape index (κ1) is 14.9. The van der Waals surface area contributed by atoms with Gasteiger partial charge in [-0.3, -0.25) is 0 Å². The van der Waals surface area contributed by atoms with Crippen LogP contribution in [0, 0.1) is 0 Å². The molecule has 0 spiro atoms. The fraction of sp³-hybridized carbons (Fsp3) is 0.538. The Morgan fingerprint density at radius 3 is 2.71 bits per heavy atom. The van der Waals surface area contributed by atoms with E-state index in [1.165, 1.54) is 5.75 Å². The first-order valence-electron chi connectivity index (χ1n) is 5.92. The second-order valence-electron chi connectivity index (χ2n) is 3.82. The molecule has 0 amide bonds. The molecule has 0 bridgehead atoms. The molecule has 0 aliphatic heterocycles. The van der Waals surface area contributed by atoms with Crippen LogP contribution in [0.5, 0.6) is 5.75 Å². The summed E-state index contributed by atoms with van der Waals surface area (Å²) in [5, 5.41) is 3.44. The number of ether oxygens (including phenoxy) is 1. The summed E-state index contributed by atoms with van der Waals surface area (Å²) in [4.78, 5) is 0. The van der Waals surface area contributed by atoms with E-state index in [1.807, 2.05) is 36.0 Å². The Morgan fingerprint density at radius 1 is 1.35 bits per heavy atom. The highest BCUT2D eigenvalue weighted by atomic mass is 79.9. The van der Waals surface area contributed by atoms with Gasteiger partial charge in [0.25, 0.3) is 0 Å². The predicted octanol–water partition coefficient (Wildman–Crippen LogP) is 3.56. The van der Waals surface area contributed by atoms with E-state index in [9.17, 15) is 0 Å². The van der Waals surface area contributed by atoms with Crippen LogP contribution in [0.1, 0.15) is 13.8 Å². The summed E-state index contributed by atoms with van der Waals surface area (Å²) in [6.07, 6.45) is 0. The van der Waals surface area contributed by atoms with Gasteiger partial charge in [0.1, 0.15) is 12.4 Å². The zero-order chi connectivity index (χ0) is 12.5. The first-order valence-corrected chi connectivity index (χ1v) is 7.86. The van der Waals surface area contributed by atoms with Crippen molar-refractivity contribution in [2.24, 2.45) is 0 Å². The summed E-state index contributed by atoms with van der Waals surface area (Å²) in [5.41, 5.74) is 0. The molecule has 1 rings (SSSR count). The molecule has 1 atom stereocenters. The highest BCUT2D eigenvalue weighted by molar-refractivity contribution is 9.10. The molecule has 1 aromatic carbocycles. The van der Waals surface area contributed by atoms with Crippen LogP contribution in [0.25, 0.3) is 0 Å². The average molecular weight is 318 g/mol. The number of hydrogen-bond acceptors (Lipinski definition) is 3. The standard InChI is InChI=1S/C13H20BrNOS/c1-3-17-10-11(2)15-8-9-16-13-6-4-12(14)5-7-13/h4-7,11,15H,3,8-10H2,1-2H3. The molecule has 0 aromatic heterocycles. The number of rotatable bonds is 8. The van der Waals surface area contributed by atoms with Crippen LogP contribution in [0.4, 0.5) is 0 Å². The molecular weight excluding hydrogens is 298 g/mol. The Morgan fingerprint density at radius 2 is 2.06 bits per heavy atom. The van der Waals surface area contributed by atoms with Gasteiger partial charge in [0.15, 0.2) is 0 Å². The van der Waals surface area contributed by atoms with Crippen molar-refractivity contribution < 1.29 is 4.74 Å². The van der Waals surface area contributed by atoms with Crippen molar-refractivity contribution in [2.45, 2.75) is 19.9 Å². The fourth-order valence-corrected chi connectivity index (χ4v) is 2.33. The number of hydrogen-bond donors (Lipinski definition) is 1. The van der Waals surface area contributed by atoms with Gasteiger partial charge in [-0.05, 0) is 36.9 Å². The summed E-state index contributed by atoms with van der Waals surface area (Å²) in [6.45, 7) is 6.00. The first-order chi connectivity index (χ1) is 8.22. The summed E-state index contributed by atoms with van der Waals surface area (Å²) in [7, 11) is 0. The van der Waals surface area contributed by atoms with E-state index in [0.29, 0.717) is 12.6 Å². The summed E-state index contributed by atoms with van der Waals surface area (Å²) in [6, 6.07) is 8.47. The third-order valence-corrected chi connectivity index (χ3v) is 3.92. The lowest BCUT2D eigenvalue weighted by Crippen LogP contribution is -2.32. The van der Waals surface area contributed by atoms with Crippen molar-refractivity contribution in [1.82, 2.24) is 5.32 Å². The zero-order valence-electron chi connectivity index (χ0n) is 10.4. The molecule has 0 heterocycles. The largest absolute Gasteiger partial charge is 0.492 e. The number of nitrogens with one attached hydrogen (secondary N) is 1. The normalized spacial score (nSPS) is 12.4. The lowest BCUT2D eigenvalue weighted by atomic mass is 10.3. The molecule has 1 N–H and O–H groups in total. The molecular formula is C13H20BrNOS. The minimum absolute atomic E-state index is 0.550. The van der Waals surface area contributed by atoms with Gasteiger partial charge < -0.3 is 10.1 Å². The van der Waals surface area contributed by atoms with Crippen molar-refractivity contribution in [3.63, 3.8) is 0 Å². The van der Waals surface area contributed by atoms with Crippen LogP contribution in [0.2, 0.25) is 0 Å². The molecule has 0 aliphatic carbocycles. The molecule has 2 nitrogen and oxygen atoms in total. The summed E-state index contributed by atoms with van der Waals surface area (Å²) < 4.78 is 6.70. The maximum absolute atomic E-state index is 5.63. The van der Waals surface area contributed by atoms with Crippen LogP contribution in [0.15, 0.2) is 28.7 Å². The maximum Gasteiger partial charge on any atom is 0.119 e. The SMILES string of the molecule is CCSCC(C)NCCOc1ccc(Br)cc1. The van der Waals surface area contributed by atoms with Crippen LogP contribution < -0.4 is 10.1 Å². The van der Waals surface area contributed by atoms with Gasteiger partial charge in [-0.1, -0.05) is 22.9 Å². The minimum atomic E-state index is 0.550. The second kappa shape index (κ2) is 8.84. The van der Waals surface area contributed by atoms with E-state index in [-0.39, 0.29) is 0 Å². The van der Waals surface area contributed by atoms with E-state index in [2.05, 4.69) is 35.1 Å². The van der Waals surface area contributed by atoms with Gasteiger partial charge in [-0.25, -0.2) is 0 Å². The topological polar surface area (TPSA) is 21.3 Å². The number of halogens is 1. The van der Waals surface area contributed by atoms with Crippen molar-refractivity contribution in [2.75, 3.05) is 24.7 Å². The smallest absolute Gasteiger partial charge is 0.119 e. The molecule has 0 fully saturated rings. The molecule has 0 aliphatic rings. The predicted molar refractivity (Wildman–Crippen MR) is 80.1 cm³/mol. The molecule has 1 unspecified atom stereocenters. The van der Waals surface area contributed by atoms with Crippen LogP contribution in [0.3, 0.4) is 0 Å². The van der Waals surface area contributed by atoms with E-state index in [1.54, 1.807) is 0 Å². The highest BCUT2D eigenvalue weighted by Gasteiger charge is 2.00. The van der Waals surface area contributed by atoms with E-state index >= 15 is 0 Å². The van der Waals surface area contributed by atoms with Crippen molar-refractivity contribution >= 4 is 27.7 Å². The lowest BCUT2D eigenvalue weighted by Gasteiger charge is -2.13. The third kappa shape index (κ3) is 6.96. The summed E-state index contributed by atoms with van der Waals surface area (Å²) >= 11 is 5.36. The highest BCUT2D eigenvalue weighted by Crippen LogP contribution is 2.15. The number of benzene rings is 1. The van der Waals surface area contributed by atoms with Gasteiger partial charge in [-0.15, -0.1) is 0 Å². The van der Waals surface area contributed by atoms with E-state index in [0.717, 1.165) is 22.5 Å². The van der Waals surface area contributed by atoms with Gasteiger partial charge >= 0.3 is 0 Å². The van der Waals surface area contributed by atoms with Gasteiger partial charge in [0, 0.05) is 22.8 Å². The molecule has 1 aromatic rings. The Kier molecular flexibility index (Phi) is 7.73. The van der Waals surface area contributed by atoms with Crippen LogP contribution in [-0.2, 0) is 0 Å². The second-order valence-corrected chi connectivity index (χ2v) is 6.05. The Labute approximate surface area is 117 Å². The van der Waals surface area contributed by atoms with E-state index < -0.39 is 0 Å². The Bertz CT molecular complexity index is 305. The Hall–Kier alpha value is -0.190. The average Bonchev–Trinajstić information content (AvgIpc) is 2.34. The van der Waals surface area contributed by atoms with Gasteiger partial charge in [0.2, 0.25) is 0 Å². The molecule has 4 heteroatoms. The molecule has 0 saturated heterocycles. The van der Waals surface area contributed by atoms with Crippen LogP contribution in [-0.4, -0.2) is 30.7 Å². The minimum Gasteiger partial charge on any atom is -0.492 e.